The third kappa shape index (κ3) is 4.10. The second-order valence-electron chi connectivity index (χ2n) is 13.3. The number of ether oxygens (including phenoxy) is 2. The van der Waals surface area contributed by atoms with E-state index in [1.54, 1.807) is 13.2 Å². The van der Waals surface area contributed by atoms with Crippen molar-refractivity contribution in [2.45, 2.75) is 120 Å². The highest BCUT2D eigenvalue weighted by molar-refractivity contribution is 5.31. The molecule has 9 unspecified atom stereocenters. The average molecular weight is 556 g/mol. The quantitative estimate of drug-likeness (QED) is 0.216. The van der Waals surface area contributed by atoms with Crippen LogP contribution in [0.2, 0.25) is 0 Å². The summed E-state index contributed by atoms with van der Waals surface area (Å²) in [5.41, 5.74) is 9.71. The zero-order valence-electron chi connectivity index (χ0n) is 23.5. The van der Waals surface area contributed by atoms with Gasteiger partial charge in [0.1, 0.15) is 6.10 Å². The molecule has 10 heteroatoms. The first-order chi connectivity index (χ1) is 19.0. The van der Waals surface area contributed by atoms with Crippen molar-refractivity contribution >= 4 is 0 Å². The molecule has 6 rings (SSSR count). The summed E-state index contributed by atoms with van der Waals surface area (Å²) in [7, 11) is 0. The first-order valence-corrected chi connectivity index (χ1v) is 14.8. The number of hydrogen-bond acceptors (Lipinski definition) is 8. The SMILES string of the molecule is C[C@@H]1O[C@@H](OC2C=C3CCC4C(CCC5(C)C(c6ccc(=O)oc6)CCC45O)C3(C)CC2)[C@H](O)C(O)C1N=[N+]=[N-]. The number of aliphatic hydroxyl groups excluding tert-OH is 2. The number of azide groups is 1. The van der Waals surface area contributed by atoms with E-state index in [1.165, 1.54) is 11.6 Å². The van der Waals surface area contributed by atoms with E-state index >= 15 is 0 Å². The zero-order chi connectivity index (χ0) is 28.4. The van der Waals surface area contributed by atoms with E-state index in [4.69, 9.17) is 19.4 Å². The smallest absolute Gasteiger partial charge is 0.335 e. The van der Waals surface area contributed by atoms with Gasteiger partial charge in [0, 0.05) is 16.4 Å². The highest BCUT2D eigenvalue weighted by atomic mass is 16.7. The van der Waals surface area contributed by atoms with E-state index in [-0.39, 0.29) is 34.4 Å². The first kappa shape index (κ1) is 27.9. The third-order valence-corrected chi connectivity index (χ3v) is 11.7. The van der Waals surface area contributed by atoms with Crippen LogP contribution in [-0.2, 0) is 9.47 Å². The maximum Gasteiger partial charge on any atom is 0.335 e. The molecule has 0 amide bonds. The normalized spacial score (nSPS) is 48.2. The Balaban J connectivity index is 1.19. The summed E-state index contributed by atoms with van der Waals surface area (Å²) in [6.07, 6.45) is 6.39. The molecule has 1 aliphatic heterocycles. The number of nitrogens with zero attached hydrogens (tertiary/aromatic N) is 3. The summed E-state index contributed by atoms with van der Waals surface area (Å²) in [6.45, 7) is 6.28. The molecule has 40 heavy (non-hydrogen) atoms. The zero-order valence-corrected chi connectivity index (χ0v) is 23.5. The van der Waals surface area contributed by atoms with E-state index in [0.717, 1.165) is 56.9 Å². The number of rotatable bonds is 4. The van der Waals surface area contributed by atoms with Crippen LogP contribution in [0.3, 0.4) is 0 Å². The predicted octanol–water partition coefficient (Wildman–Crippen LogP) is 4.33. The molecule has 3 N–H and O–H groups in total. The van der Waals surface area contributed by atoms with Crippen molar-refractivity contribution in [1.82, 2.24) is 0 Å². The average Bonchev–Trinajstić information content (AvgIpc) is 3.21. The molecule has 218 valence electrons. The van der Waals surface area contributed by atoms with Crippen molar-refractivity contribution < 1.29 is 29.2 Å². The minimum absolute atomic E-state index is 0.0388. The second kappa shape index (κ2) is 9.96. The van der Waals surface area contributed by atoms with Gasteiger partial charge in [-0.2, -0.15) is 0 Å². The Hall–Kier alpha value is -2.20. The van der Waals surface area contributed by atoms with Crippen LogP contribution < -0.4 is 5.63 Å². The highest BCUT2D eigenvalue weighted by Gasteiger charge is 2.66. The summed E-state index contributed by atoms with van der Waals surface area (Å²) in [5, 5.41) is 37.1. The van der Waals surface area contributed by atoms with Crippen molar-refractivity contribution in [1.29, 1.82) is 0 Å². The van der Waals surface area contributed by atoms with Crippen LogP contribution in [0.5, 0.6) is 0 Å². The molecular weight excluding hydrogens is 514 g/mol. The fourth-order valence-electron chi connectivity index (χ4n) is 9.39. The summed E-state index contributed by atoms with van der Waals surface area (Å²) >= 11 is 0. The van der Waals surface area contributed by atoms with Gasteiger partial charge in [-0.25, -0.2) is 4.79 Å². The minimum atomic E-state index is -1.31. The lowest BCUT2D eigenvalue weighted by molar-refractivity contribution is -0.279. The number of allylic oxidation sites excluding steroid dienone is 1. The molecule has 2 heterocycles. The summed E-state index contributed by atoms with van der Waals surface area (Å²) in [4.78, 5) is 14.3. The monoisotopic (exact) mass is 555 g/mol. The van der Waals surface area contributed by atoms with E-state index < -0.39 is 36.2 Å². The van der Waals surface area contributed by atoms with Gasteiger partial charge in [-0.1, -0.05) is 30.6 Å². The van der Waals surface area contributed by atoms with Gasteiger partial charge in [0.05, 0.1) is 36.2 Å². The summed E-state index contributed by atoms with van der Waals surface area (Å²) in [5.74, 6) is 0.723. The first-order valence-electron chi connectivity index (χ1n) is 14.8. The van der Waals surface area contributed by atoms with Crippen LogP contribution in [0.1, 0.15) is 83.6 Å². The molecule has 0 radical (unpaired) electrons. The van der Waals surface area contributed by atoms with Crippen molar-refractivity contribution in [3.63, 3.8) is 0 Å². The van der Waals surface area contributed by atoms with Crippen LogP contribution in [-0.4, -0.2) is 57.7 Å². The second-order valence-corrected chi connectivity index (χ2v) is 13.3. The molecule has 1 aromatic heterocycles. The molecule has 12 atom stereocenters. The molecule has 1 aromatic rings. The van der Waals surface area contributed by atoms with Gasteiger partial charge in [-0.15, -0.1) is 0 Å². The maximum absolute atomic E-state index is 12.4. The molecule has 4 fully saturated rings. The Kier molecular flexibility index (Phi) is 6.96. The Morgan fingerprint density at radius 2 is 1.88 bits per heavy atom. The van der Waals surface area contributed by atoms with Crippen LogP contribution in [0.4, 0.5) is 0 Å². The van der Waals surface area contributed by atoms with Crippen LogP contribution >= 0.6 is 0 Å². The molecule has 10 nitrogen and oxygen atoms in total. The van der Waals surface area contributed by atoms with Crippen LogP contribution in [0, 0.1) is 22.7 Å². The van der Waals surface area contributed by atoms with Crippen molar-refractivity contribution in [2.24, 2.45) is 27.8 Å². The Morgan fingerprint density at radius 3 is 2.60 bits per heavy atom. The highest BCUT2D eigenvalue weighted by Crippen LogP contribution is 2.70. The van der Waals surface area contributed by atoms with Gasteiger partial charge in [-0.3, -0.25) is 0 Å². The van der Waals surface area contributed by atoms with E-state index in [0.29, 0.717) is 5.92 Å². The number of aliphatic hydroxyl groups is 3. The molecule has 0 bridgehead atoms. The van der Waals surface area contributed by atoms with E-state index in [9.17, 15) is 20.1 Å². The lowest BCUT2D eigenvalue weighted by Crippen LogP contribution is -2.60. The Labute approximate surface area is 234 Å². The van der Waals surface area contributed by atoms with Crippen LogP contribution in [0.25, 0.3) is 10.4 Å². The Morgan fingerprint density at radius 1 is 1.07 bits per heavy atom. The molecular formula is C30H41N3O7. The molecule has 3 saturated carbocycles. The fraction of sp³-hybridized carbons (Fsp3) is 0.767. The van der Waals surface area contributed by atoms with Gasteiger partial charge >= 0.3 is 5.63 Å². The summed E-state index contributed by atoms with van der Waals surface area (Å²) < 4.78 is 17.2. The van der Waals surface area contributed by atoms with Gasteiger partial charge in [0.15, 0.2) is 6.29 Å². The van der Waals surface area contributed by atoms with Crippen molar-refractivity contribution in [2.75, 3.05) is 0 Å². The van der Waals surface area contributed by atoms with E-state index in [1.807, 2.05) is 6.07 Å². The molecule has 4 aliphatic carbocycles. The van der Waals surface area contributed by atoms with Crippen molar-refractivity contribution in [3.8, 4) is 0 Å². The third-order valence-electron chi connectivity index (χ3n) is 11.7. The standard InChI is InChI=1S/C30H41N3O7/c1-16-24(32-33-31)25(35)26(36)27(39-16)40-19-8-11-28(2)18(14-19)5-6-22-21(28)9-12-29(3)20(10-13-30(22,29)37)17-4-7-23(34)38-15-17/h4,7,14-16,19-22,24-27,35-37H,5-6,8-13H2,1-3H3/t16-,19?,20?,21?,22?,24?,25?,26+,27-,28?,29?,30?/m0/s1. The topological polar surface area (TPSA) is 158 Å². The van der Waals surface area contributed by atoms with Gasteiger partial charge < -0.3 is 29.2 Å². The largest absolute Gasteiger partial charge is 0.431 e. The van der Waals surface area contributed by atoms with Gasteiger partial charge in [0.2, 0.25) is 0 Å². The molecule has 1 saturated heterocycles. The fourth-order valence-corrected chi connectivity index (χ4v) is 9.39. The van der Waals surface area contributed by atoms with E-state index in [2.05, 4.69) is 29.9 Å². The number of fused-ring (bicyclic) bond motifs is 5. The predicted molar refractivity (Wildman–Crippen MR) is 145 cm³/mol. The lowest BCUT2D eigenvalue weighted by atomic mass is 9.45. The summed E-state index contributed by atoms with van der Waals surface area (Å²) in [6, 6.07) is 2.48. The molecule has 5 aliphatic rings. The molecule has 0 spiro atoms. The minimum Gasteiger partial charge on any atom is -0.431 e. The van der Waals surface area contributed by atoms with Crippen molar-refractivity contribution in [3.05, 3.63) is 56.5 Å². The maximum atomic E-state index is 12.4. The number of hydrogen-bond donors (Lipinski definition) is 3. The molecule has 0 aromatic carbocycles. The Bertz CT molecular complexity index is 1260. The van der Waals surface area contributed by atoms with Gasteiger partial charge in [0.25, 0.3) is 0 Å². The van der Waals surface area contributed by atoms with Crippen LogP contribution in [0.15, 0.2) is 44.4 Å². The van der Waals surface area contributed by atoms with Gasteiger partial charge in [-0.05, 0) is 98.6 Å². The lowest BCUT2D eigenvalue weighted by Gasteiger charge is -2.62.